The van der Waals surface area contributed by atoms with E-state index in [2.05, 4.69) is 0 Å². The first-order valence-corrected chi connectivity index (χ1v) is 10.4. The van der Waals surface area contributed by atoms with Gasteiger partial charge < -0.3 is 19.6 Å². The number of benzene rings is 2. The van der Waals surface area contributed by atoms with Crippen LogP contribution in [0.5, 0.6) is 5.75 Å². The zero-order valence-electron chi connectivity index (χ0n) is 18.8. The van der Waals surface area contributed by atoms with Crippen LogP contribution in [0.15, 0.2) is 48.0 Å². The van der Waals surface area contributed by atoms with Crippen molar-refractivity contribution in [2.45, 2.75) is 26.3 Å². The predicted molar refractivity (Wildman–Crippen MR) is 121 cm³/mol. The number of aryl methyl sites for hydroxylation is 2. The van der Waals surface area contributed by atoms with Gasteiger partial charge in [-0.2, -0.15) is 0 Å². The quantitative estimate of drug-likeness (QED) is 0.419. The van der Waals surface area contributed by atoms with Crippen LogP contribution in [0.1, 0.15) is 34.7 Å². The van der Waals surface area contributed by atoms with Crippen molar-refractivity contribution in [1.82, 2.24) is 9.80 Å². The number of hydrogen-bond acceptors (Lipinski definition) is 5. The molecule has 2 aromatic rings. The van der Waals surface area contributed by atoms with Crippen molar-refractivity contribution in [3.8, 4) is 5.75 Å². The number of carbonyl (C=O) groups excluding carboxylic acids is 2. The molecule has 1 aliphatic heterocycles. The van der Waals surface area contributed by atoms with Gasteiger partial charge in [0.15, 0.2) is 0 Å². The Morgan fingerprint density at radius 1 is 1.06 bits per heavy atom. The molecule has 0 radical (unpaired) electrons. The number of likely N-dealkylation sites (tertiary alicyclic amines) is 1. The molecule has 0 aromatic heterocycles. The number of hydrogen-bond donors (Lipinski definition) is 1. The van der Waals surface area contributed by atoms with Crippen molar-refractivity contribution in [2.24, 2.45) is 0 Å². The second-order valence-electron chi connectivity index (χ2n) is 8.22. The van der Waals surface area contributed by atoms with Crippen LogP contribution in [0.2, 0.25) is 0 Å². The van der Waals surface area contributed by atoms with E-state index in [1.165, 1.54) is 0 Å². The summed E-state index contributed by atoms with van der Waals surface area (Å²) < 4.78 is 5.25. The number of ketones is 1. The fraction of sp³-hybridized carbons (Fsp3) is 0.360. The van der Waals surface area contributed by atoms with Gasteiger partial charge in [-0.25, -0.2) is 0 Å². The number of aliphatic hydroxyl groups is 1. The van der Waals surface area contributed by atoms with Crippen LogP contribution >= 0.6 is 0 Å². The molecule has 1 heterocycles. The highest BCUT2D eigenvalue weighted by Crippen LogP contribution is 2.40. The van der Waals surface area contributed by atoms with Gasteiger partial charge in [0.25, 0.3) is 11.7 Å². The molecule has 164 valence electrons. The number of rotatable bonds is 7. The van der Waals surface area contributed by atoms with Crippen molar-refractivity contribution in [3.63, 3.8) is 0 Å². The Balaban J connectivity index is 2.10. The minimum atomic E-state index is -0.651. The topological polar surface area (TPSA) is 70.1 Å². The molecule has 0 aliphatic carbocycles. The first-order valence-electron chi connectivity index (χ1n) is 10.4. The van der Waals surface area contributed by atoms with Crippen molar-refractivity contribution in [1.29, 1.82) is 0 Å². The molecule has 1 atom stereocenters. The lowest BCUT2D eigenvalue weighted by atomic mass is 9.94. The summed E-state index contributed by atoms with van der Waals surface area (Å²) in [5.74, 6) is -0.689. The fourth-order valence-corrected chi connectivity index (χ4v) is 3.84. The largest absolute Gasteiger partial charge is 0.507 e. The van der Waals surface area contributed by atoms with Gasteiger partial charge in [0.2, 0.25) is 0 Å². The van der Waals surface area contributed by atoms with Gasteiger partial charge in [-0.15, -0.1) is 0 Å². The van der Waals surface area contributed by atoms with Crippen molar-refractivity contribution < 1.29 is 19.4 Å². The zero-order chi connectivity index (χ0) is 22.7. The zero-order valence-corrected chi connectivity index (χ0v) is 18.8. The van der Waals surface area contributed by atoms with Crippen LogP contribution in [0.25, 0.3) is 5.76 Å². The van der Waals surface area contributed by atoms with E-state index < -0.39 is 17.7 Å². The van der Waals surface area contributed by atoms with Gasteiger partial charge in [-0.05, 0) is 75.8 Å². The summed E-state index contributed by atoms with van der Waals surface area (Å²) in [4.78, 5) is 29.6. The molecule has 2 aromatic carbocycles. The second kappa shape index (κ2) is 9.35. The monoisotopic (exact) mass is 422 g/mol. The summed E-state index contributed by atoms with van der Waals surface area (Å²) in [5, 5.41) is 11.1. The molecule has 1 fully saturated rings. The molecule has 6 heteroatoms. The summed E-state index contributed by atoms with van der Waals surface area (Å²) in [5.41, 5.74) is 3.52. The lowest BCUT2D eigenvalue weighted by Gasteiger charge is -2.26. The van der Waals surface area contributed by atoms with Crippen molar-refractivity contribution in [2.75, 3.05) is 34.3 Å². The molecule has 1 saturated heterocycles. The lowest BCUT2D eigenvalue weighted by Crippen LogP contribution is -2.32. The number of amides is 1. The lowest BCUT2D eigenvalue weighted by molar-refractivity contribution is -0.139. The highest BCUT2D eigenvalue weighted by molar-refractivity contribution is 6.46. The highest BCUT2D eigenvalue weighted by atomic mass is 16.5. The van der Waals surface area contributed by atoms with E-state index in [0.717, 1.165) is 29.7 Å². The van der Waals surface area contributed by atoms with E-state index in [1.54, 1.807) is 30.2 Å². The first kappa shape index (κ1) is 22.6. The van der Waals surface area contributed by atoms with E-state index in [-0.39, 0.29) is 11.3 Å². The van der Waals surface area contributed by atoms with Gasteiger partial charge in [0.05, 0.1) is 18.7 Å². The van der Waals surface area contributed by atoms with Gasteiger partial charge in [0.1, 0.15) is 11.5 Å². The van der Waals surface area contributed by atoms with Crippen LogP contribution in [0.4, 0.5) is 0 Å². The molecule has 31 heavy (non-hydrogen) atoms. The number of carbonyl (C=O) groups is 2. The summed E-state index contributed by atoms with van der Waals surface area (Å²) >= 11 is 0. The highest BCUT2D eigenvalue weighted by Gasteiger charge is 2.45. The average molecular weight is 423 g/mol. The third-order valence-electron chi connectivity index (χ3n) is 5.76. The van der Waals surface area contributed by atoms with Crippen LogP contribution < -0.4 is 4.74 Å². The molecule has 0 bridgehead atoms. The Morgan fingerprint density at radius 3 is 2.32 bits per heavy atom. The van der Waals surface area contributed by atoms with Crippen LogP contribution in [-0.4, -0.2) is 60.9 Å². The Labute approximate surface area is 183 Å². The number of nitrogens with zero attached hydrogens (tertiary/aromatic N) is 2. The molecule has 1 N–H and O–H groups in total. The van der Waals surface area contributed by atoms with Crippen LogP contribution in [-0.2, 0) is 9.59 Å². The normalized spacial score (nSPS) is 18.1. The summed E-state index contributed by atoms with van der Waals surface area (Å²) in [6, 6.07) is 12.1. The third kappa shape index (κ3) is 4.64. The number of ether oxygens (including phenoxy) is 1. The standard InChI is InChI=1S/C25H30N2O4/c1-16-7-8-19(15-17(16)2)23(28)21-22(18-9-11-20(31-5)12-10-18)27(25(30)24(21)29)14-6-13-26(3)4/h7-12,15,22,28H,6,13-14H2,1-5H3/b23-21-. The average Bonchev–Trinajstić information content (AvgIpc) is 3.00. The number of Topliss-reactive ketones (excluding diaryl/α,β-unsaturated/α-hetero) is 1. The fourth-order valence-electron chi connectivity index (χ4n) is 3.84. The van der Waals surface area contributed by atoms with Crippen molar-refractivity contribution >= 4 is 17.4 Å². The van der Waals surface area contributed by atoms with E-state index >= 15 is 0 Å². The maximum Gasteiger partial charge on any atom is 0.295 e. The predicted octanol–water partition coefficient (Wildman–Crippen LogP) is 3.69. The Hall–Kier alpha value is -3.12. The van der Waals surface area contributed by atoms with E-state index in [1.807, 2.05) is 57.1 Å². The van der Waals surface area contributed by atoms with Crippen LogP contribution in [0, 0.1) is 13.8 Å². The minimum Gasteiger partial charge on any atom is -0.507 e. The molecule has 1 aliphatic rings. The van der Waals surface area contributed by atoms with Gasteiger partial charge in [-0.3, -0.25) is 9.59 Å². The summed E-state index contributed by atoms with van der Waals surface area (Å²) in [7, 11) is 5.52. The molecule has 0 saturated carbocycles. The Kier molecular flexibility index (Phi) is 6.81. The molecule has 1 unspecified atom stereocenters. The molecule has 0 spiro atoms. The number of aliphatic hydroxyl groups excluding tert-OH is 1. The van der Waals surface area contributed by atoms with E-state index in [4.69, 9.17) is 4.74 Å². The maximum atomic E-state index is 13.0. The molecule has 3 rings (SSSR count). The van der Waals surface area contributed by atoms with Crippen molar-refractivity contribution in [3.05, 3.63) is 70.3 Å². The number of methoxy groups -OCH3 is 1. The summed E-state index contributed by atoms with van der Waals surface area (Å²) in [6.07, 6.45) is 0.719. The summed E-state index contributed by atoms with van der Waals surface area (Å²) in [6.45, 7) is 5.14. The molecular weight excluding hydrogens is 392 g/mol. The smallest absolute Gasteiger partial charge is 0.295 e. The van der Waals surface area contributed by atoms with Gasteiger partial charge in [0, 0.05) is 12.1 Å². The Morgan fingerprint density at radius 2 is 1.74 bits per heavy atom. The van der Waals surface area contributed by atoms with E-state index in [9.17, 15) is 14.7 Å². The van der Waals surface area contributed by atoms with E-state index in [0.29, 0.717) is 17.9 Å². The van der Waals surface area contributed by atoms with Crippen LogP contribution in [0.3, 0.4) is 0 Å². The van der Waals surface area contributed by atoms with Gasteiger partial charge in [-0.1, -0.05) is 24.3 Å². The molecular formula is C25H30N2O4. The molecule has 6 nitrogen and oxygen atoms in total. The molecule has 1 amide bonds. The SMILES string of the molecule is COc1ccc(C2/C(=C(/O)c3ccc(C)c(C)c3)C(=O)C(=O)N2CCCN(C)C)cc1. The minimum absolute atomic E-state index is 0.128. The van der Waals surface area contributed by atoms with Gasteiger partial charge >= 0.3 is 0 Å². The second-order valence-corrected chi connectivity index (χ2v) is 8.22. The Bertz CT molecular complexity index is 1010. The maximum absolute atomic E-state index is 13.0. The first-order chi connectivity index (χ1) is 14.7. The third-order valence-corrected chi connectivity index (χ3v) is 5.76.